The molecule has 0 radical (unpaired) electrons. The largest absolute Gasteiger partial charge is 0.410 e. The summed E-state index contributed by atoms with van der Waals surface area (Å²) in [5, 5.41) is 0. The van der Waals surface area contributed by atoms with Gasteiger partial charge in [-0.2, -0.15) is 0 Å². The maximum Gasteiger partial charge on any atom is 0.327 e. The van der Waals surface area contributed by atoms with E-state index in [2.05, 4.69) is 20.8 Å². The first-order valence-electron chi connectivity index (χ1n) is 29.0. The van der Waals surface area contributed by atoms with Gasteiger partial charge >= 0.3 is 37.3 Å². The van der Waals surface area contributed by atoms with Gasteiger partial charge in [-0.3, -0.25) is 28.6 Å². The molecule has 0 saturated carbocycles. The van der Waals surface area contributed by atoms with Gasteiger partial charge in [0.2, 0.25) is 0 Å². The van der Waals surface area contributed by atoms with E-state index in [-0.39, 0.29) is 19.3 Å². The Kier molecular flexibility index (Phi) is 46.9. The molecule has 0 aliphatic carbocycles. The number of hydrogen-bond donors (Lipinski definition) is 0. The van der Waals surface area contributed by atoms with Crippen LogP contribution in [0.1, 0.15) is 329 Å². The van der Waals surface area contributed by atoms with E-state index in [0.717, 1.165) is 38.5 Å². The van der Waals surface area contributed by atoms with E-state index in [9.17, 15) is 14.4 Å². The zero-order valence-corrected chi connectivity index (χ0v) is 43.8. The molecule has 390 valence electrons. The minimum absolute atomic E-state index is 0.218. The number of unbranched alkanes of at least 4 members (excludes halogenated alkanes) is 42. The van der Waals surface area contributed by atoms with E-state index < -0.39 is 37.3 Å². The predicted molar refractivity (Wildman–Crippen MR) is 272 cm³/mol. The molecule has 1 aliphatic rings. The van der Waals surface area contributed by atoms with Crippen molar-refractivity contribution < 1.29 is 42.8 Å². The van der Waals surface area contributed by atoms with Crippen molar-refractivity contribution in [3.8, 4) is 0 Å². The molecule has 66 heavy (non-hydrogen) atoms. The van der Waals surface area contributed by atoms with Crippen LogP contribution in [0.15, 0.2) is 0 Å². The molecule has 0 aromatic carbocycles. The standard InChI is InChI=1S/C57H108O9/c1-4-7-10-13-16-19-22-25-28-31-34-37-40-43-46-49-52(58)61-55-64-56(62-53(59)50-47-44-41-38-35-32-29-26-23-20-17-14-11-8-5-2)66-57(65-55)63-54(60)51-48-45-42-39-36-33-30-27-24-21-18-15-12-9-6-3/h55-57H,4-51H2,1-3H3. The van der Waals surface area contributed by atoms with E-state index in [1.165, 1.54) is 231 Å². The van der Waals surface area contributed by atoms with Gasteiger partial charge in [-0.05, 0) is 19.3 Å². The molecule has 9 heteroatoms. The number of carbonyl (C=O) groups excluding carboxylic acids is 3. The first-order chi connectivity index (χ1) is 32.5. The summed E-state index contributed by atoms with van der Waals surface area (Å²) >= 11 is 0. The maximum absolute atomic E-state index is 12.8. The highest BCUT2D eigenvalue weighted by Gasteiger charge is 2.37. The van der Waals surface area contributed by atoms with Crippen LogP contribution in [0.3, 0.4) is 0 Å². The highest BCUT2D eigenvalue weighted by molar-refractivity contribution is 5.70. The van der Waals surface area contributed by atoms with Gasteiger partial charge in [-0.15, -0.1) is 0 Å². The van der Waals surface area contributed by atoms with Gasteiger partial charge in [0.1, 0.15) is 0 Å². The van der Waals surface area contributed by atoms with Crippen LogP contribution in [0.2, 0.25) is 0 Å². The molecule has 0 aromatic heterocycles. The summed E-state index contributed by atoms with van der Waals surface area (Å²) in [6.45, 7) is 2.25. The molecular formula is C57H108O9. The Hall–Kier alpha value is -1.71. The highest BCUT2D eigenvalue weighted by atomic mass is 17.1. The third kappa shape index (κ3) is 43.6. The highest BCUT2D eigenvalue weighted by Crippen LogP contribution is 2.23. The quantitative estimate of drug-likeness (QED) is 0.0335. The Morgan fingerprint density at radius 2 is 0.379 bits per heavy atom. The number of carbonyl (C=O) groups is 3. The number of hydrogen-bond acceptors (Lipinski definition) is 9. The molecule has 0 N–H and O–H groups in total. The van der Waals surface area contributed by atoms with Crippen molar-refractivity contribution in [3.63, 3.8) is 0 Å². The number of ether oxygens (including phenoxy) is 6. The van der Waals surface area contributed by atoms with Crippen LogP contribution in [-0.2, 0) is 42.8 Å². The molecule has 1 fully saturated rings. The second-order valence-corrected chi connectivity index (χ2v) is 19.8. The summed E-state index contributed by atoms with van der Waals surface area (Å²) in [6.07, 6.45) is 56.7. The van der Waals surface area contributed by atoms with Crippen LogP contribution >= 0.6 is 0 Å². The average Bonchev–Trinajstić information content (AvgIpc) is 3.30. The number of esters is 3. The SMILES string of the molecule is CCCCCCCCCCCCCCCCCC(=O)OC1OC(OC(=O)CCCCCCCCCCCCCCCCC)OC(OC(=O)CCCCCCCCCCCCCCCCC)O1. The summed E-state index contributed by atoms with van der Waals surface area (Å²) in [5.74, 6) is -1.45. The van der Waals surface area contributed by atoms with E-state index >= 15 is 0 Å². The Morgan fingerprint density at radius 3 is 0.530 bits per heavy atom. The molecule has 0 amide bonds. The van der Waals surface area contributed by atoms with E-state index in [1.807, 2.05) is 0 Å². The topological polar surface area (TPSA) is 107 Å². The minimum atomic E-state index is -1.52. The third-order valence-corrected chi connectivity index (χ3v) is 13.3. The third-order valence-electron chi connectivity index (χ3n) is 13.3. The van der Waals surface area contributed by atoms with E-state index in [0.29, 0.717) is 19.3 Å². The lowest BCUT2D eigenvalue weighted by atomic mass is 10.0. The first-order valence-corrected chi connectivity index (χ1v) is 29.0. The van der Waals surface area contributed by atoms with Crippen LogP contribution in [0.25, 0.3) is 0 Å². The van der Waals surface area contributed by atoms with Crippen molar-refractivity contribution in [3.05, 3.63) is 0 Å². The summed E-state index contributed by atoms with van der Waals surface area (Å²) < 4.78 is 33.1. The van der Waals surface area contributed by atoms with Crippen LogP contribution in [0, 0.1) is 0 Å². The summed E-state index contributed by atoms with van der Waals surface area (Å²) in [7, 11) is 0. The molecule has 1 aliphatic heterocycles. The van der Waals surface area contributed by atoms with Crippen molar-refractivity contribution in [2.24, 2.45) is 0 Å². The summed E-state index contributed by atoms with van der Waals surface area (Å²) in [4.78, 5) is 38.4. The lowest BCUT2D eigenvalue weighted by Gasteiger charge is -2.33. The van der Waals surface area contributed by atoms with Crippen LogP contribution in [0.5, 0.6) is 0 Å². The smallest absolute Gasteiger partial charge is 0.327 e. The number of rotatable bonds is 51. The Morgan fingerprint density at radius 1 is 0.242 bits per heavy atom. The molecule has 0 atom stereocenters. The summed E-state index contributed by atoms with van der Waals surface area (Å²) in [5.41, 5.74) is 0. The van der Waals surface area contributed by atoms with Crippen molar-refractivity contribution in [1.82, 2.24) is 0 Å². The van der Waals surface area contributed by atoms with Crippen molar-refractivity contribution >= 4 is 17.9 Å². The van der Waals surface area contributed by atoms with Crippen LogP contribution < -0.4 is 0 Å². The lowest BCUT2D eigenvalue weighted by molar-refractivity contribution is -0.509. The Labute approximate surface area is 407 Å². The molecule has 0 bridgehead atoms. The maximum atomic E-state index is 12.8. The van der Waals surface area contributed by atoms with Gasteiger partial charge in [0.05, 0.1) is 0 Å². The van der Waals surface area contributed by atoms with Gasteiger partial charge in [0.25, 0.3) is 0 Å². The molecule has 1 saturated heterocycles. The predicted octanol–water partition coefficient (Wildman–Crippen LogP) is 18.3. The second kappa shape index (κ2) is 49.7. The molecule has 1 heterocycles. The van der Waals surface area contributed by atoms with E-state index in [1.54, 1.807) is 0 Å². The molecular weight excluding hydrogens is 829 g/mol. The average molecular weight is 937 g/mol. The molecule has 0 aromatic rings. The first kappa shape index (κ1) is 62.3. The fourth-order valence-corrected chi connectivity index (χ4v) is 8.96. The zero-order valence-electron chi connectivity index (χ0n) is 43.8. The van der Waals surface area contributed by atoms with Crippen LogP contribution in [0.4, 0.5) is 0 Å². The Balaban J connectivity index is 2.35. The fraction of sp³-hybridized carbons (Fsp3) is 0.947. The van der Waals surface area contributed by atoms with Crippen molar-refractivity contribution in [2.45, 2.75) is 348 Å². The molecule has 0 unspecified atom stereocenters. The minimum Gasteiger partial charge on any atom is -0.410 e. The summed E-state index contributed by atoms with van der Waals surface area (Å²) in [6, 6.07) is 0. The molecule has 9 nitrogen and oxygen atoms in total. The van der Waals surface area contributed by atoms with Gasteiger partial charge in [0.15, 0.2) is 0 Å². The fourth-order valence-electron chi connectivity index (χ4n) is 8.96. The molecule has 1 rings (SSSR count). The lowest BCUT2D eigenvalue weighted by Crippen LogP contribution is -2.46. The second-order valence-electron chi connectivity index (χ2n) is 19.8. The van der Waals surface area contributed by atoms with Crippen LogP contribution in [-0.4, -0.2) is 37.3 Å². The van der Waals surface area contributed by atoms with Crippen molar-refractivity contribution in [2.75, 3.05) is 0 Å². The van der Waals surface area contributed by atoms with Gasteiger partial charge in [0, 0.05) is 19.3 Å². The normalized spacial score (nSPS) is 16.1. The van der Waals surface area contributed by atoms with Crippen molar-refractivity contribution in [1.29, 1.82) is 0 Å². The zero-order chi connectivity index (χ0) is 47.6. The van der Waals surface area contributed by atoms with Gasteiger partial charge < -0.3 is 14.2 Å². The molecule has 0 spiro atoms. The Bertz CT molecular complexity index is 919. The van der Waals surface area contributed by atoms with E-state index in [4.69, 9.17) is 28.4 Å². The van der Waals surface area contributed by atoms with Gasteiger partial charge in [-0.25, -0.2) is 0 Å². The monoisotopic (exact) mass is 937 g/mol. The van der Waals surface area contributed by atoms with Gasteiger partial charge in [-0.1, -0.05) is 290 Å².